The van der Waals surface area contributed by atoms with Crippen LogP contribution in [-0.2, 0) is 10.5 Å². The fraction of sp³-hybridized carbons (Fsp3) is 0.250. The Hall–Kier alpha value is -2.25. The number of carbonyl (C=O) groups is 2. The Morgan fingerprint density at radius 1 is 1.15 bits per heavy atom. The monoisotopic (exact) mass is 397 g/mol. The van der Waals surface area contributed by atoms with E-state index in [9.17, 15) is 9.59 Å². The molecule has 5 nitrogen and oxygen atoms in total. The molecule has 1 fully saturated rings. The van der Waals surface area contributed by atoms with E-state index in [1.54, 1.807) is 36.0 Å². The average Bonchev–Trinajstić information content (AvgIpc) is 3.50. The van der Waals surface area contributed by atoms with Crippen LogP contribution in [-0.4, -0.2) is 28.0 Å². The fourth-order valence-corrected chi connectivity index (χ4v) is 4.51. The third-order valence-electron chi connectivity index (χ3n) is 4.20. The summed E-state index contributed by atoms with van der Waals surface area (Å²) in [4.78, 5) is 29.0. The van der Waals surface area contributed by atoms with Crippen LogP contribution < -0.4 is 10.6 Å². The summed E-state index contributed by atoms with van der Waals surface area (Å²) < 4.78 is 0.904. The number of carbonyl (C=O) groups excluding carboxylic acids is 2. The number of para-hydroxylation sites is 1. The highest BCUT2D eigenvalue weighted by atomic mass is 32.2. The van der Waals surface area contributed by atoms with Crippen molar-refractivity contribution in [3.05, 3.63) is 59.7 Å². The molecule has 1 aliphatic carbocycles. The number of hydrogen-bond acceptors (Lipinski definition) is 5. The summed E-state index contributed by atoms with van der Waals surface area (Å²) in [6, 6.07) is 15.4. The van der Waals surface area contributed by atoms with Crippen molar-refractivity contribution in [2.24, 2.45) is 4.99 Å². The van der Waals surface area contributed by atoms with Crippen molar-refractivity contribution in [2.75, 3.05) is 11.1 Å². The molecule has 2 aromatic rings. The van der Waals surface area contributed by atoms with Gasteiger partial charge >= 0.3 is 0 Å². The highest BCUT2D eigenvalue weighted by molar-refractivity contribution is 8.38. The predicted molar refractivity (Wildman–Crippen MR) is 113 cm³/mol. The molecule has 2 aromatic carbocycles. The molecule has 0 spiro atoms. The van der Waals surface area contributed by atoms with E-state index in [4.69, 9.17) is 0 Å². The number of anilines is 1. The smallest absolute Gasteiger partial charge is 0.251 e. The molecule has 0 saturated heterocycles. The van der Waals surface area contributed by atoms with E-state index in [1.165, 1.54) is 17.3 Å². The Balaban J connectivity index is 1.32. The van der Waals surface area contributed by atoms with Crippen LogP contribution in [0.2, 0.25) is 0 Å². The first kappa shape index (κ1) is 18.1. The lowest BCUT2D eigenvalue weighted by molar-refractivity contribution is -0.113. The number of hydrogen-bond donors (Lipinski definition) is 2. The molecular formula is C20H19N3O2S2. The molecule has 2 aliphatic rings. The Morgan fingerprint density at radius 3 is 2.85 bits per heavy atom. The van der Waals surface area contributed by atoms with Gasteiger partial charge in [0.2, 0.25) is 5.91 Å². The second-order valence-electron chi connectivity index (χ2n) is 6.46. The van der Waals surface area contributed by atoms with Crippen LogP contribution in [0.25, 0.3) is 0 Å². The standard InChI is InChI=1S/C20H19N3O2S2/c24-18(12-27-20-23-17-7-2-1-4-14(17)11-26-20)21-16-6-3-5-13(10-16)19(25)22-15-8-9-15/h1-7,10,15H,8-9,11-12H2,(H,21,24)(H,22,25). The van der Waals surface area contributed by atoms with Crippen LogP contribution in [0.3, 0.4) is 0 Å². The Labute approximate surface area is 166 Å². The highest BCUT2D eigenvalue weighted by Gasteiger charge is 2.23. The number of nitrogens with one attached hydrogen (secondary N) is 2. The number of thioether (sulfide) groups is 2. The SMILES string of the molecule is O=C(CSC1=Nc2ccccc2CS1)Nc1cccc(C(=O)NC2CC2)c1. The summed E-state index contributed by atoms with van der Waals surface area (Å²) in [5.74, 6) is 0.963. The van der Waals surface area contributed by atoms with Crippen LogP contribution in [0.4, 0.5) is 11.4 Å². The third-order valence-corrected chi connectivity index (χ3v) is 6.45. The van der Waals surface area contributed by atoms with Crippen molar-refractivity contribution < 1.29 is 9.59 Å². The van der Waals surface area contributed by atoms with Crippen molar-refractivity contribution >= 4 is 51.1 Å². The first-order valence-electron chi connectivity index (χ1n) is 8.80. The van der Waals surface area contributed by atoms with Crippen LogP contribution in [0.15, 0.2) is 53.5 Å². The molecule has 1 saturated carbocycles. The van der Waals surface area contributed by atoms with Gasteiger partial charge in [-0.1, -0.05) is 47.8 Å². The minimum atomic E-state index is -0.109. The number of rotatable bonds is 5. The van der Waals surface area contributed by atoms with Crippen molar-refractivity contribution in [3.8, 4) is 0 Å². The van der Waals surface area contributed by atoms with Crippen LogP contribution in [0.1, 0.15) is 28.8 Å². The number of nitrogens with zero attached hydrogens (tertiary/aromatic N) is 1. The fourth-order valence-electron chi connectivity index (χ4n) is 2.64. The molecule has 0 bridgehead atoms. The molecule has 1 heterocycles. The molecule has 0 atom stereocenters. The van der Waals surface area contributed by atoms with Gasteiger partial charge in [-0.25, -0.2) is 4.99 Å². The summed E-state index contributed by atoms with van der Waals surface area (Å²) in [6.45, 7) is 0. The Bertz CT molecular complexity index is 910. The molecule has 7 heteroatoms. The van der Waals surface area contributed by atoms with Gasteiger partial charge in [0, 0.05) is 23.0 Å². The van der Waals surface area contributed by atoms with Gasteiger partial charge in [-0.2, -0.15) is 0 Å². The van der Waals surface area contributed by atoms with Gasteiger partial charge in [0.25, 0.3) is 5.91 Å². The lowest BCUT2D eigenvalue weighted by atomic mass is 10.2. The van der Waals surface area contributed by atoms with E-state index in [1.807, 2.05) is 18.2 Å². The maximum atomic E-state index is 12.3. The van der Waals surface area contributed by atoms with Crippen LogP contribution >= 0.6 is 23.5 Å². The van der Waals surface area contributed by atoms with E-state index in [0.29, 0.717) is 17.3 Å². The van der Waals surface area contributed by atoms with Gasteiger partial charge in [0.1, 0.15) is 4.38 Å². The molecule has 2 N–H and O–H groups in total. The predicted octanol–water partition coefficient (Wildman–Crippen LogP) is 4.19. The summed E-state index contributed by atoms with van der Waals surface area (Å²) in [6.07, 6.45) is 2.09. The van der Waals surface area contributed by atoms with Gasteiger partial charge in [0.15, 0.2) is 0 Å². The minimum Gasteiger partial charge on any atom is -0.349 e. The van der Waals surface area contributed by atoms with Gasteiger partial charge in [-0.15, -0.1) is 0 Å². The molecular weight excluding hydrogens is 378 g/mol. The summed E-state index contributed by atoms with van der Waals surface area (Å²) in [7, 11) is 0. The highest BCUT2D eigenvalue weighted by Crippen LogP contribution is 2.34. The molecule has 4 rings (SSSR count). The first-order valence-corrected chi connectivity index (χ1v) is 10.8. The number of fused-ring (bicyclic) bond motifs is 1. The number of aliphatic imine (C=N–C) groups is 1. The number of benzene rings is 2. The van der Waals surface area contributed by atoms with E-state index in [-0.39, 0.29) is 17.6 Å². The molecule has 2 amide bonds. The van der Waals surface area contributed by atoms with E-state index < -0.39 is 0 Å². The normalized spacial score (nSPS) is 15.5. The van der Waals surface area contributed by atoms with Gasteiger partial charge in [-0.05, 0) is 42.7 Å². The summed E-state index contributed by atoms with van der Waals surface area (Å²) >= 11 is 3.09. The van der Waals surface area contributed by atoms with Crippen molar-refractivity contribution in [1.29, 1.82) is 0 Å². The van der Waals surface area contributed by atoms with Gasteiger partial charge in [-0.3, -0.25) is 9.59 Å². The van der Waals surface area contributed by atoms with Crippen LogP contribution in [0.5, 0.6) is 0 Å². The maximum absolute atomic E-state index is 12.3. The zero-order chi connectivity index (χ0) is 18.6. The van der Waals surface area contributed by atoms with Crippen molar-refractivity contribution in [1.82, 2.24) is 5.32 Å². The average molecular weight is 398 g/mol. The van der Waals surface area contributed by atoms with Gasteiger partial charge < -0.3 is 10.6 Å². The van der Waals surface area contributed by atoms with Crippen molar-refractivity contribution in [3.63, 3.8) is 0 Å². The van der Waals surface area contributed by atoms with Crippen LogP contribution in [0, 0.1) is 0 Å². The minimum absolute atomic E-state index is 0.0883. The second kappa shape index (κ2) is 8.19. The lowest BCUT2D eigenvalue weighted by Crippen LogP contribution is -2.25. The second-order valence-corrected chi connectivity index (χ2v) is 8.65. The molecule has 0 aromatic heterocycles. The first-order chi connectivity index (χ1) is 13.2. The molecule has 0 unspecified atom stereocenters. The molecule has 27 heavy (non-hydrogen) atoms. The topological polar surface area (TPSA) is 70.6 Å². The van der Waals surface area contributed by atoms with E-state index >= 15 is 0 Å². The van der Waals surface area contributed by atoms with E-state index in [0.717, 1.165) is 28.7 Å². The molecule has 138 valence electrons. The summed E-state index contributed by atoms with van der Waals surface area (Å²) in [5.41, 5.74) is 3.40. The number of amides is 2. The third kappa shape index (κ3) is 4.93. The summed E-state index contributed by atoms with van der Waals surface area (Å²) in [5, 5.41) is 5.81. The van der Waals surface area contributed by atoms with E-state index in [2.05, 4.69) is 21.7 Å². The zero-order valence-corrected chi connectivity index (χ0v) is 16.2. The Kier molecular flexibility index (Phi) is 5.50. The van der Waals surface area contributed by atoms with Gasteiger partial charge in [0.05, 0.1) is 11.4 Å². The quantitative estimate of drug-likeness (QED) is 0.794. The van der Waals surface area contributed by atoms with Crippen molar-refractivity contribution in [2.45, 2.75) is 24.6 Å². The Morgan fingerprint density at radius 2 is 2.00 bits per heavy atom. The maximum Gasteiger partial charge on any atom is 0.251 e. The zero-order valence-electron chi connectivity index (χ0n) is 14.6. The lowest BCUT2D eigenvalue weighted by Gasteiger charge is -2.14. The molecule has 1 aliphatic heterocycles. The molecule has 0 radical (unpaired) electrons. The largest absolute Gasteiger partial charge is 0.349 e.